The lowest BCUT2D eigenvalue weighted by molar-refractivity contribution is -0.255. The number of amides is 1. The van der Waals surface area contributed by atoms with E-state index in [1.807, 2.05) is 0 Å². The van der Waals surface area contributed by atoms with Crippen molar-refractivity contribution in [3.63, 3.8) is 0 Å². The highest BCUT2D eigenvalue weighted by Gasteiger charge is 2.09. The third kappa shape index (κ3) is 2.90. The van der Waals surface area contributed by atoms with Crippen molar-refractivity contribution in [1.29, 1.82) is 0 Å². The third-order valence-electron chi connectivity index (χ3n) is 2.56. The van der Waals surface area contributed by atoms with Gasteiger partial charge in [0, 0.05) is 11.4 Å². The Hall–Kier alpha value is -2.82. The standard InChI is InChI=1S/C14H12N2O3/c15-12-7-2-1-6-11(12)13(17)16-10-5-3-4-9(8-10)14(18)19/h1-8H,15H2,(H,16,17)(H,18,19)/p-1. The summed E-state index contributed by atoms with van der Waals surface area (Å²) in [4.78, 5) is 22.7. The number of rotatable bonds is 3. The number of anilines is 2. The number of carbonyl (C=O) groups is 2. The smallest absolute Gasteiger partial charge is 0.257 e. The highest BCUT2D eigenvalue weighted by atomic mass is 16.4. The number of para-hydroxylation sites is 1. The van der Waals surface area contributed by atoms with Crippen LogP contribution in [0.25, 0.3) is 0 Å². The summed E-state index contributed by atoms with van der Waals surface area (Å²) in [5, 5.41) is 13.3. The predicted octanol–water partition coefficient (Wildman–Crippen LogP) is 0.885. The first-order chi connectivity index (χ1) is 9.08. The number of carbonyl (C=O) groups excluding carboxylic acids is 2. The molecule has 2 aromatic carbocycles. The first kappa shape index (κ1) is 12.6. The largest absolute Gasteiger partial charge is 0.545 e. The van der Waals surface area contributed by atoms with Crippen molar-refractivity contribution in [1.82, 2.24) is 0 Å². The summed E-state index contributed by atoms with van der Waals surface area (Å²) in [6, 6.07) is 12.5. The van der Waals surface area contributed by atoms with Crippen LogP contribution < -0.4 is 16.2 Å². The van der Waals surface area contributed by atoms with E-state index < -0.39 is 11.9 Å². The Kier molecular flexibility index (Phi) is 3.47. The van der Waals surface area contributed by atoms with E-state index >= 15 is 0 Å². The van der Waals surface area contributed by atoms with E-state index in [1.54, 1.807) is 30.3 Å². The summed E-state index contributed by atoms with van der Waals surface area (Å²) in [6.07, 6.45) is 0. The molecular formula is C14H11N2O3-. The van der Waals surface area contributed by atoms with Crippen LogP contribution in [0, 0.1) is 0 Å². The van der Waals surface area contributed by atoms with Crippen molar-refractivity contribution in [3.05, 3.63) is 59.7 Å². The fraction of sp³-hybridized carbons (Fsp3) is 0. The van der Waals surface area contributed by atoms with Gasteiger partial charge in [-0.25, -0.2) is 0 Å². The number of nitrogens with one attached hydrogen (secondary N) is 1. The molecule has 0 heterocycles. The maximum Gasteiger partial charge on any atom is 0.257 e. The molecule has 19 heavy (non-hydrogen) atoms. The zero-order valence-corrected chi connectivity index (χ0v) is 9.92. The van der Waals surface area contributed by atoms with Crippen molar-refractivity contribution in [3.8, 4) is 0 Å². The van der Waals surface area contributed by atoms with E-state index in [0.717, 1.165) is 0 Å². The van der Waals surface area contributed by atoms with Crippen LogP contribution in [0.2, 0.25) is 0 Å². The minimum absolute atomic E-state index is 0.00108. The van der Waals surface area contributed by atoms with E-state index in [1.165, 1.54) is 18.2 Å². The van der Waals surface area contributed by atoms with Gasteiger partial charge < -0.3 is 21.0 Å². The molecule has 0 aliphatic heterocycles. The Bertz CT molecular complexity index is 638. The highest BCUT2D eigenvalue weighted by molar-refractivity contribution is 6.08. The molecule has 0 aliphatic rings. The first-order valence-corrected chi connectivity index (χ1v) is 5.55. The number of nitrogens with two attached hydrogens (primary N) is 1. The molecule has 0 aromatic heterocycles. The number of benzene rings is 2. The van der Waals surface area contributed by atoms with E-state index in [2.05, 4.69) is 5.32 Å². The molecule has 0 saturated heterocycles. The first-order valence-electron chi connectivity index (χ1n) is 5.55. The van der Waals surface area contributed by atoms with Crippen LogP contribution in [0.3, 0.4) is 0 Å². The number of carboxylic acid groups (broad SMARTS) is 1. The lowest BCUT2D eigenvalue weighted by Crippen LogP contribution is -2.22. The van der Waals surface area contributed by atoms with Crippen LogP contribution in [0.15, 0.2) is 48.5 Å². The quantitative estimate of drug-likeness (QED) is 0.796. The van der Waals surface area contributed by atoms with E-state index in [-0.39, 0.29) is 5.56 Å². The lowest BCUT2D eigenvalue weighted by Gasteiger charge is -2.09. The van der Waals surface area contributed by atoms with Crippen molar-refractivity contribution in [2.75, 3.05) is 11.1 Å². The molecule has 0 fully saturated rings. The van der Waals surface area contributed by atoms with Gasteiger partial charge in [0.05, 0.1) is 11.5 Å². The van der Waals surface area contributed by atoms with Crippen LogP contribution in [0.5, 0.6) is 0 Å². The minimum atomic E-state index is -1.30. The van der Waals surface area contributed by atoms with E-state index in [0.29, 0.717) is 16.9 Å². The number of aromatic carboxylic acids is 1. The van der Waals surface area contributed by atoms with Gasteiger partial charge in [0.1, 0.15) is 0 Å². The van der Waals surface area contributed by atoms with Gasteiger partial charge in [0.25, 0.3) is 5.91 Å². The topological polar surface area (TPSA) is 95.2 Å². The molecule has 1 amide bonds. The van der Waals surface area contributed by atoms with Crippen LogP contribution in [-0.4, -0.2) is 11.9 Å². The molecule has 0 radical (unpaired) electrons. The predicted molar refractivity (Wildman–Crippen MR) is 69.6 cm³/mol. The molecule has 0 saturated carbocycles. The monoisotopic (exact) mass is 255 g/mol. The molecule has 0 bridgehead atoms. The van der Waals surface area contributed by atoms with Crippen molar-refractivity contribution < 1.29 is 14.7 Å². The fourth-order valence-corrected chi connectivity index (χ4v) is 1.63. The Morgan fingerprint density at radius 2 is 1.79 bits per heavy atom. The number of carboxylic acids is 1. The van der Waals surface area contributed by atoms with Gasteiger partial charge >= 0.3 is 0 Å². The fourth-order valence-electron chi connectivity index (χ4n) is 1.63. The Morgan fingerprint density at radius 3 is 2.47 bits per heavy atom. The second-order valence-corrected chi connectivity index (χ2v) is 3.91. The van der Waals surface area contributed by atoms with Crippen LogP contribution >= 0.6 is 0 Å². The molecule has 3 N–H and O–H groups in total. The average molecular weight is 255 g/mol. The normalized spacial score (nSPS) is 9.89. The maximum atomic E-state index is 12.0. The van der Waals surface area contributed by atoms with Gasteiger partial charge in [-0.05, 0) is 29.8 Å². The van der Waals surface area contributed by atoms with Crippen LogP contribution in [0.4, 0.5) is 11.4 Å². The van der Waals surface area contributed by atoms with Crippen molar-refractivity contribution in [2.24, 2.45) is 0 Å². The number of nitrogen functional groups attached to an aromatic ring is 1. The maximum absolute atomic E-state index is 12.0. The second-order valence-electron chi connectivity index (χ2n) is 3.91. The zero-order valence-electron chi connectivity index (χ0n) is 9.92. The second kappa shape index (κ2) is 5.22. The van der Waals surface area contributed by atoms with Gasteiger partial charge in [-0.1, -0.05) is 24.3 Å². The molecule has 0 unspecified atom stereocenters. The van der Waals surface area contributed by atoms with Crippen LogP contribution in [-0.2, 0) is 0 Å². The highest BCUT2D eigenvalue weighted by Crippen LogP contribution is 2.15. The van der Waals surface area contributed by atoms with Crippen molar-refractivity contribution >= 4 is 23.3 Å². The lowest BCUT2D eigenvalue weighted by atomic mass is 10.1. The molecule has 5 heteroatoms. The summed E-state index contributed by atoms with van der Waals surface area (Å²) >= 11 is 0. The van der Waals surface area contributed by atoms with E-state index in [9.17, 15) is 14.7 Å². The third-order valence-corrected chi connectivity index (χ3v) is 2.56. The molecule has 2 aromatic rings. The molecule has 0 aliphatic carbocycles. The SMILES string of the molecule is Nc1ccccc1C(=O)Nc1cccc(C(=O)[O-])c1. The van der Waals surface area contributed by atoms with Gasteiger partial charge in [0.15, 0.2) is 0 Å². The summed E-state index contributed by atoms with van der Waals surface area (Å²) < 4.78 is 0. The Labute approximate surface area is 109 Å². The molecule has 0 atom stereocenters. The van der Waals surface area contributed by atoms with E-state index in [4.69, 9.17) is 5.73 Å². The Balaban J connectivity index is 2.22. The number of hydrogen-bond acceptors (Lipinski definition) is 4. The van der Waals surface area contributed by atoms with Gasteiger partial charge in [-0.15, -0.1) is 0 Å². The minimum Gasteiger partial charge on any atom is -0.545 e. The van der Waals surface area contributed by atoms with Gasteiger partial charge in [-0.2, -0.15) is 0 Å². The molecule has 96 valence electrons. The molecule has 2 rings (SSSR count). The molecule has 5 nitrogen and oxygen atoms in total. The summed E-state index contributed by atoms with van der Waals surface area (Å²) in [7, 11) is 0. The van der Waals surface area contributed by atoms with Gasteiger partial charge in [0.2, 0.25) is 0 Å². The van der Waals surface area contributed by atoms with Crippen molar-refractivity contribution in [2.45, 2.75) is 0 Å². The van der Waals surface area contributed by atoms with Crippen LogP contribution in [0.1, 0.15) is 20.7 Å². The van der Waals surface area contributed by atoms with Gasteiger partial charge in [-0.3, -0.25) is 4.79 Å². The average Bonchev–Trinajstić information content (AvgIpc) is 2.39. The summed E-state index contributed by atoms with van der Waals surface area (Å²) in [5.41, 5.74) is 6.75. The number of hydrogen-bond donors (Lipinski definition) is 2. The Morgan fingerprint density at radius 1 is 1.05 bits per heavy atom. The summed E-state index contributed by atoms with van der Waals surface area (Å²) in [6.45, 7) is 0. The molecule has 0 spiro atoms. The molecular weight excluding hydrogens is 244 g/mol. The zero-order chi connectivity index (χ0) is 13.8. The summed E-state index contributed by atoms with van der Waals surface area (Å²) in [5.74, 6) is -1.69.